The molecule has 3 N–H and O–H groups in total. The van der Waals surface area contributed by atoms with Crippen molar-refractivity contribution in [2.75, 3.05) is 5.32 Å². The Hall–Kier alpha value is -1.97. The summed E-state index contributed by atoms with van der Waals surface area (Å²) in [5, 5.41) is 17.2. The first kappa shape index (κ1) is 10.5. The van der Waals surface area contributed by atoms with Gasteiger partial charge in [0.25, 0.3) is 5.91 Å². The van der Waals surface area contributed by atoms with E-state index in [0.29, 0.717) is 5.69 Å². The van der Waals surface area contributed by atoms with E-state index in [4.69, 9.17) is 10.8 Å². The van der Waals surface area contributed by atoms with Crippen LogP contribution in [-0.2, 0) is 17.6 Å². The Kier molecular flexibility index (Phi) is 2.56. The number of fused-ring (bicyclic) bond motifs is 1. The Morgan fingerprint density at radius 3 is 2.44 bits per heavy atom. The van der Waals surface area contributed by atoms with Crippen LogP contribution in [0.25, 0.3) is 0 Å². The Labute approximate surface area is 93.7 Å². The molecule has 0 unspecified atom stereocenters. The number of carbonyl (C=O) groups excluding carboxylic acids is 1. The Bertz CT molecular complexity index is 491. The number of benzene rings is 1. The maximum absolute atomic E-state index is 11.5. The number of anilines is 1. The lowest BCUT2D eigenvalue weighted by atomic mass is 9.88. The van der Waals surface area contributed by atoms with Gasteiger partial charge in [-0.3, -0.25) is 10.2 Å². The summed E-state index contributed by atoms with van der Waals surface area (Å²) in [6.45, 7) is 1.43. The van der Waals surface area contributed by atoms with Crippen molar-refractivity contribution < 1.29 is 4.79 Å². The predicted molar refractivity (Wildman–Crippen MR) is 63.6 cm³/mol. The fourth-order valence-corrected chi connectivity index (χ4v) is 1.64. The van der Waals surface area contributed by atoms with Crippen LogP contribution >= 0.6 is 0 Å². The molecule has 1 aromatic carbocycles. The number of carbonyl (C=O) groups is 1. The van der Waals surface area contributed by atoms with Crippen molar-refractivity contribution in [3.63, 3.8) is 0 Å². The molecule has 4 nitrogen and oxygen atoms in total. The van der Waals surface area contributed by atoms with Gasteiger partial charge in [-0.1, -0.05) is 6.07 Å². The Morgan fingerprint density at radius 2 is 1.94 bits per heavy atom. The van der Waals surface area contributed by atoms with Crippen LogP contribution in [0.4, 0.5) is 5.69 Å². The summed E-state index contributed by atoms with van der Waals surface area (Å²) in [6.07, 6.45) is 2.17. The zero-order chi connectivity index (χ0) is 11.7. The van der Waals surface area contributed by atoms with Gasteiger partial charge < -0.3 is 10.7 Å². The van der Waals surface area contributed by atoms with E-state index in [1.54, 1.807) is 0 Å². The van der Waals surface area contributed by atoms with Crippen molar-refractivity contribution in [3.05, 3.63) is 29.3 Å². The van der Waals surface area contributed by atoms with E-state index in [2.05, 4.69) is 5.32 Å². The van der Waals surface area contributed by atoms with E-state index >= 15 is 0 Å². The average molecular weight is 215 g/mol. The van der Waals surface area contributed by atoms with Gasteiger partial charge in [0.1, 0.15) is 5.71 Å². The lowest BCUT2D eigenvalue weighted by molar-refractivity contribution is -0.110. The molecule has 1 aliphatic rings. The molecule has 16 heavy (non-hydrogen) atoms. The first-order chi connectivity index (χ1) is 7.58. The molecule has 1 aliphatic carbocycles. The topological polar surface area (TPSA) is 76.8 Å². The Morgan fingerprint density at radius 1 is 1.25 bits per heavy atom. The van der Waals surface area contributed by atoms with Crippen LogP contribution < -0.4 is 5.32 Å². The number of amides is 1. The van der Waals surface area contributed by atoms with Gasteiger partial charge in [0.05, 0.1) is 5.71 Å². The number of aryl methyl sites for hydroxylation is 2. The van der Waals surface area contributed by atoms with E-state index in [1.165, 1.54) is 18.1 Å². The molecule has 0 atom stereocenters. The van der Waals surface area contributed by atoms with Crippen molar-refractivity contribution >= 4 is 23.0 Å². The Balaban J connectivity index is 2.09. The zero-order valence-corrected chi connectivity index (χ0v) is 9.05. The third kappa shape index (κ3) is 1.86. The molecule has 0 heterocycles. The van der Waals surface area contributed by atoms with Crippen LogP contribution in [0.3, 0.4) is 0 Å². The fourth-order valence-electron chi connectivity index (χ4n) is 1.64. The second kappa shape index (κ2) is 3.89. The fraction of sp³-hybridized carbons (Fsp3) is 0.250. The van der Waals surface area contributed by atoms with Crippen LogP contribution in [0, 0.1) is 10.8 Å². The summed E-state index contributed by atoms with van der Waals surface area (Å²) in [7, 11) is 0. The van der Waals surface area contributed by atoms with Crippen molar-refractivity contribution in [1.82, 2.24) is 0 Å². The molecule has 82 valence electrons. The van der Waals surface area contributed by atoms with Gasteiger partial charge in [-0.15, -0.1) is 0 Å². The largest absolute Gasteiger partial charge is 0.321 e. The molecule has 0 radical (unpaired) electrons. The normalized spacial score (nSPS) is 12.3. The monoisotopic (exact) mass is 215 g/mol. The molecule has 1 amide bonds. The lowest BCUT2D eigenvalue weighted by Gasteiger charge is -2.19. The van der Waals surface area contributed by atoms with Crippen LogP contribution in [0.1, 0.15) is 18.1 Å². The van der Waals surface area contributed by atoms with E-state index in [0.717, 1.165) is 12.8 Å². The summed E-state index contributed by atoms with van der Waals surface area (Å²) < 4.78 is 0. The SMILES string of the molecule is CC(=N)C(=N)C(=O)Nc1ccc2c(c1)CC2. The van der Waals surface area contributed by atoms with Crippen LogP contribution in [-0.4, -0.2) is 17.3 Å². The molecule has 1 aromatic rings. The zero-order valence-electron chi connectivity index (χ0n) is 9.05. The third-order valence-corrected chi connectivity index (χ3v) is 2.73. The molecule has 4 heteroatoms. The third-order valence-electron chi connectivity index (χ3n) is 2.73. The molecule has 0 aliphatic heterocycles. The first-order valence-electron chi connectivity index (χ1n) is 5.15. The number of rotatable bonds is 3. The second-order valence-electron chi connectivity index (χ2n) is 3.94. The minimum atomic E-state index is -0.522. The summed E-state index contributed by atoms with van der Waals surface area (Å²) in [5.41, 5.74) is 2.98. The van der Waals surface area contributed by atoms with Gasteiger partial charge in [-0.05, 0) is 43.0 Å². The van der Waals surface area contributed by atoms with Crippen LogP contribution in [0.15, 0.2) is 18.2 Å². The lowest BCUT2D eigenvalue weighted by Crippen LogP contribution is -2.27. The summed E-state index contributed by atoms with van der Waals surface area (Å²) in [4.78, 5) is 11.5. The molecule has 0 fully saturated rings. The second-order valence-corrected chi connectivity index (χ2v) is 3.94. The van der Waals surface area contributed by atoms with E-state index in [-0.39, 0.29) is 11.4 Å². The number of hydrogen-bond donors (Lipinski definition) is 3. The van der Waals surface area contributed by atoms with Gasteiger partial charge in [0.2, 0.25) is 0 Å². The van der Waals surface area contributed by atoms with Crippen LogP contribution in [0.2, 0.25) is 0 Å². The summed E-state index contributed by atoms with van der Waals surface area (Å²) in [6, 6.07) is 5.76. The van der Waals surface area contributed by atoms with Gasteiger partial charge >= 0.3 is 0 Å². The summed E-state index contributed by atoms with van der Waals surface area (Å²) >= 11 is 0. The molecule has 0 spiro atoms. The first-order valence-corrected chi connectivity index (χ1v) is 5.15. The van der Waals surface area contributed by atoms with Gasteiger partial charge in [0, 0.05) is 5.69 Å². The molecule has 0 bridgehead atoms. The van der Waals surface area contributed by atoms with Gasteiger partial charge in [-0.2, -0.15) is 0 Å². The highest BCUT2D eigenvalue weighted by molar-refractivity contribution is 6.66. The van der Waals surface area contributed by atoms with E-state index in [1.807, 2.05) is 18.2 Å². The highest BCUT2D eigenvalue weighted by Crippen LogP contribution is 2.25. The van der Waals surface area contributed by atoms with Crippen molar-refractivity contribution in [3.8, 4) is 0 Å². The van der Waals surface area contributed by atoms with E-state index < -0.39 is 5.91 Å². The highest BCUT2D eigenvalue weighted by atomic mass is 16.1. The van der Waals surface area contributed by atoms with Crippen LogP contribution in [0.5, 0.6) is 0 Å². The predicted octanol–water partition coefficient (Wildman–Crippen LogP) is 1.78. The van der Waals surface area contributed by atoms with Crippen molar-refractivity contribution in [2.24, 2.45) is 0 Å². The molecule has 2 rings (SSSR count). The van der Waals surface area contributed by atoms with Crippen molar-refractivity contribution in [1.29, 1.82) is 10.8 Å². The molecular formula is C12H13N3O. The van der Waals surface area contributed by atoms with Crippen molar-refractivity contribution in [2.45, 2.75) is 19.8 Å². The highest BCUT2D eigenvalue weighted by Gasteiger charge is 2.15. The number of nitrogens with one attached hydrogen (secondary N) is 3. The smallest absolute Gasteiger partial charge is 0.275 e. The summed E-state index contributed by atoms with van der Waals surface area (Å²) in [5.74, 6) is -0.522. The van der Waals surface area contributed by atoms with E-state index in [9.17, 15) is 4.79 Å². The maximum atomic E-state index is 11.5. The average Bonchev–Trinajstić information content (AvgIpc) is 2.20. The molecule has 0 saturated heterocycles. The quantitative estimate of drug-likeness (QED) is 0.660. The minimum absolute atomic E-state index is 0.0264. The minimum Gasteiger partial charge on any atom is -0.321 e. The molecule has 0 aromatic heterocycles. The number of hydrogen-bond acceptors (Lipinski definition) is 3. The standard InChI is InChI=1S/C12H13N3O/c1-7(13)11(14)12(16)15-10-5-4-8-2-3-9(8)6-10/h4-6,13-14H,2-3H2,1H3,(H,15,16). The molecule has 0 saturated carbocycles. The maximum Gasteiger partial charge on any atom is 0.275 e. The van der Waals surface area contributed by atoms with Gasteiger partial charge in [0.15, 0.2) is 0 Å². The molecular weight excluding hydrogens is 202 g/mol. The van der Waals surface area contributed by atoms with Gasteiger partial charge in [-0.25, -0.2) is 0 Å².